The molecule has 0 aliphatic carbocycles. The standard InChI is InChI=1S/C22H20N2O2/c25-21(18-11-5-2-6-12-18)24-20-14-8-7-13-19(20)22(26)23-16-15-17-9-3-1-4-10-17/h1-14H,15-16H2,(H,23,26)(H,24,25). The maximum atomic E-state index is 12.5. The first-order chi connectivity index (χ1) is 12.7. The van der Waals surface area contributed by atoms with Crippen LogP contribution in [0.4, 0.5) is 5.69 Å². The van der Waals surface area contributed by atoms with Gasteiger partial charge >= 0.3 is 0 Å². The minimum Gasteiger partial charge on any atom is -0.352 e. The van der Waals surface area contributed by atoms with Gasteiger partial charge in [-0.05, 0) is 36.2 Å². The van der Waals surface area contributed by atoms with E-state index in [4.69, 9.17) is 0 Å². The monoisotopic (exact) mass is 344 g/mol. The molecule has 0 unspecified atom stereocenters. The second-order valence-electron chi connectivity index (χ2n) is 5.86. The second kappa shape index (κ2) is 8.62. The summed E-state index contributed by atoms with van der Waals surface area (Å²) in [5, 5.41) is 5.73. The van der Waals surface area contributed by atoms with Crippen molar-refractivity contribution < 1.29 is 9.59 Å². The Hall–Kier alpha value is -3.40. The molecule has 2 N–H and O–H groups in total. The highest BCUT2D eigenvalue weighted by molar-refractivity contribution is 6.08. The van der Waals surface area contributed by atoms with Gasteiger partial charge in [-0.3, -0.25) is 9.59 Å². The molecule has 0 aliphatic rings. The number of rotatable bonds is 6. The minimum atomic E-state index is -0.241. The van der Waals surface area contributed by atoms with Gasteiger partial charge in [-0.15, -0.1) is 0 Å². The van der Waals surface area contributed by atoms with Crippen molar-refractivity contribution in [3.05, 3.63) is 102 Å². The van der Waals surface area contributed by atoms with E-state index in [2.05, 4.69) is 10.6 Å². The maximum Gasteiger partial charge on any atom is 0.255 e. The molecule has 26 heavy (non-hydrogen) atoms. The first kappa shape index (κ1) is 17.4. The second-order valence-corrected chi connectivity index (χ2v) is 5.86. The van der Waals surface area contributed by atoms with Crippen LogP contribution < -0.4 is 10.6 Å². The number of amides is 2. The Bertz CT molecular complexity index is 877. The summed E-state index contributed by atoms with van der Waals surface area (Å²) in [6.45, 7) is 0.532. The molecule has 0 saturated carbocycles. The molecule has 0 spiro atoms. The van der Waals surface area contributed by atoms with Gasteiger partial charge < -0.3 is 10.6 Å². The SMILES string of the molecule is O=C(Nc1ccccc1C(=O)NCCc1ccccc1)c1ccccc1. The number of hydrogen-bond acceptors (Lipinski definition) is 2. The predicted molar refractivity (Wildman–Crippen MR) is 103 cm³/mol. The Morgan fingerprint density at radius 1 is 0.692 bits per heavy atom. The van der Waals surface area contributed by atoms with E-state index in [0.717, 1.165) is 6.42 Å². The van der Waals surface area contributed by atoms with E-state index >= 15 is 0 Å². The van der Waals surface area contributed by atoms with E-state index in [1.807, 2.05) is 36.4 Å². The molecule has 130 valence electrons. The Balaban J connectivity index is 1.64. The lowest BCUT2D eigenvalue weighted by atomic mass is 10.1. The summed E-state index contributed by atoms with van der Waals surface area (Å²) in [6, 6.07) is 25.9. The van der Waals surface area contributed by atoms with E-state index < -0.39 is 0 Å². The van der Waals surface area contributed by atoms with E-state index in [1.165, 1.54) is 5.56 Å². The molecule has 0 radical (unpaired) electrons. The van der Waals surface area contributed by atoms with Crippen LogP contribution in [0.2, 0.25) is 0 Å². The molecule has 0 atom stereocenters. The minimum absolute atomic E-state index is 0.204. The van der Waals surface area contributed by atoms with Gasteiger partial charge in [-0.1, -0.05) is 60.7 Å². The van der Waals surface area contributed by atoms with Gasteiger partial charge in [0.1, 0.15) is 0 Å². The molecule has 0 bridgehead atoms. The fraction of sp³-hybridized carbons (Fsp3) is 0.0909. The van der Waals surface area contributed by atoms with Crippen molar-refractivity contribution in [2.24, 2.45) is 0 Å². The van der Waals surface area contributed by atoms with Crippen molar-refractivity contribution in [2.75, 3.05) is 11.9 Å². The van der Waals surface area contributed by atoms with E-state index in [1.54, 1.807) is 48.5 Å². The van der Waals surface area contributed by atoms with Gasteiger partial charge in [-0.2, -0.15) is 0 Å². The quantitative estimate of drug-likeness (QED) is 0.712. The lowest BCUT2D eigenvalue weighted by Crippen LogP contribution is -2.27. The zero-order valence-electron chi connectivity index (χ0n) is 14.3. The lowest BCUT2D eigenvalue weighted by Gasteiger charge is -2.11. The van der Waals surface area contributed by atoms with Crippen LogP contribution in [0.1, 0.15) is 26.3 Å². The highest BCUT2D eigenvalue weighted by Gasteiger charge is 2.13. The van der Waals surface area contributed by atoms with Gasteiger partial charge in [0, 0.05) is 12.1 Å². The van der Waals surface area contributed by atoms with Crippen molar-refractivity contribution in [1.29, 1.82) is 0 Å². The largest absolute Gasteiger partial charge is 0.352 e. The molecule has 4 nitrogen and oxygen atoms in total. The number of para-hydroxylation sites is 1. The molecular weight excluding hydrogens is 324 g/mol. The van der Waals surface area contributed by atoms with Crippen LogP contribution >= 0.6 is 0 Å². The Morgan fingerprint density at radius 2 is 1.31 bits per heavy atom. The molecule has 0 aromatic heterocycles. The fourth-order valence-corrected chi connectivity index (χ4v) is 2.63. The Morgan fingerprint density at radius 3 is 2.04 bits per heavy atom. The molecule has 4 heteroatoms. The molecule has 3 aromatic carbocycles. The number of carbonyl (C=O) groups is 2. The van der Waals surface area contributed by atoms with Crippen LogP contribution in [0.5, 0.6) is 0 Å². The molecule has 3 rings (SSSR count). The summed E-state index contributed by atoms with van der Waals surface area (Å²) in [5.74, 6) is -0.444. The van der Waals surface area contributed by atoms with Crippen molar-refractivity contribution in [2.45, 2.75) is 6.42 Å². The molecule has 3 aromatic rings. The number of benzene rings is 3. The van der Waals surface area contributed by atoms with Crippen molar-refractivity contribution in [3.63, 3.8) is 0 Å². The summed E-state index contributed by atoms with van der Waals surface area (Å²) in [6.07, 6.45) is 0.755. The number of carbonyl (C=O) groups excluding carboxylic acids is 2. The maximum absolute atomic E-state index is 12.5. The van der Waals surface area contributed by atoms with E-state index in [-0.39, 0.29) is 11.8 Å². The number of nitrogens with one attached hydrogen (secondary N) is 2. The average molecular weight is 344 g/mol. The first-order valence-corrected chi connectivity index (χ1v) is 8.51. The third-order valence-electron chi connectivity index (χ3n) is 4.00. The van der Waals surface area contributed by atoms with Gasteiger partial charge in [-0.25, -0.2) is 0 Å². The summed E-state index contributed by atoms with van der Waals surface area (Å²) >= 11 is 0. The Labute approximate surface area is 152 Å². The highest BCUT2D eigenvalue weighted by atomic mass is 16.2. The van der Waals surface area contributed by atoms with Crippen LogP contribution in [0.25, 0.3) is 0 Å². The zero-order chi connectivity index (χ0) is 18.2. The lowest BCUT2D eigenvalue weighted by molar-refractivity contribution is 0.0955. The summed E-state index contributed by atoms with van der Waals surface area (Å²) in [7, 11) is 0. The summed E-state index contributed by atoms with van der Waals surface area (Å²) < 4.78 is 0. The topological polar surface area (TPSA) is 58.2 Å². The van der Waals surface area contributed by atoms with Crippen LogP contribution in [0, 0.1) is 0 Å². The summed E-state index contributed by atoms with van der Waals surface area (Å²) in [5.41, 5.74) is 2.66. The number of hydrogen-bond donors (Lipinski definition) is 2. The van der Waals surface area contributed by atoms with Crippen LogP contribution in [-0.4, -0.2) is 18.4 Å². The molecule has 0 fully saturated rings. The highest BCUT2D eigenvalue weighted by Crippen LogP contribution is 2.16. The van der Waals surface area contributed by atoms with Gasteiger partial charge in [0.2, 0.25) is 0 Å². The molecule has 2 amide bonds. The zero-order valence-corrected chi connectivity index (χ0v) is 14.3. The first-order valence-electron chi connectivity index (χ1n) is 8.51. The van der Waals surface area contributed by atoms with Crippen molar-refractivity contribution >= 4 is 17.5 Å². The van der Waals surface area contributed by atoms with E-state index in [9.17, 15) is 9.59 Å². The van der Waals surface area contributed by atoms with Crippen LogP contribution in [0.15, 0.2) is 84.9 Å². The van der Waals surface area contributed by atoms with Gasteiger partial charge in [0.15, 0.2) is 0 Å². The Kier molecular flexibility index (Phi) is 5.78. The molecule has 0 aliphatic heterocycles. The molecule has 0 saturated heterocycles. The molecular formula is C22H20N2O2. The third-order valence-corrected chi connectivity index (χ3v) is 4.00. The van der Waals surface area contributed by atoms with E-state index in [0.29, 0.717) is 23.4 Å². The average Bonchev–Trinajstić information content (AvgIpc) is 2.70. The normalized spacial score (nSPS) is 10.2. The third kappa shape index (κ3) is 4.57. The fourth-order valence-electron chi connectivity index (χ4n) is 2.63. The van der Waals surface area contributed by atoms with Gasteiger partial charge in [0.05, 0.1) is 11.3 Å². The van der Waals surface area contributed by atoms with Gasteiger partial charge in [0.25, 0.3) is 11.8 Å². The smallest absolute Gasteiger partial charge is 0.255 e. The summed E-state index contributed by atoms with van der Waals surface area (Å²) in [4.78, 5) is 24.9. The van der Waals surface area contributed by atoms with Crippen molar-refractivity contribution in [1.82, 2.24) is 5.32 Å². The number of anilines is 1. The van der Waals surface area contributed by atoms with Crippen molar-refractivity contribution in [3.8, 4) is 0 Å². The predicted octanol–water partition coefficient (Wildman–Crippen LogP) is 3.91. The van der Waals surface area contributed by atoms with Crippen LogP contribution in [0.3, 0.4) is 0 Å². The molecule has 0 heterocycles. The van der Waals surface area contributed by atoms with Crippen LogP contribution in [-0.2, 0) is 6.42 Å².